The number of hydrogen-bond acceptors (Lipinski definition) is 2. The van der Waals surface area contributed by atoms with E-state index in [-0.39, 0.29) is 17.9 Å². The van der Waals surface area contributed by atoms with Crippen molar-refractivity contribution in [2.24, 2.45) is 0 Å². The maximum absolute atomic E-state index is 12.2. The second-order valence-corrected chi connectivity index (χ2v) is 5.09. The van der Waals surface area contributed by atoms with Gasteiger partial charge in [0, 0.05) is 24.7 Å². The molecule has 0 aromatic heterocycles. The minimum atomic E-state index is -0.0336. The van der Waals surface area contributed by atoms with Crippen LogP contribution in [0.3, 0.4) is 0 Å². The molecule has 1 aliphatic rings. The zero-order valence-electron chi connectivity index (χ0n) is 11.8. The maximum atomic E-state index is 12.2. The lowest BCUT2D eigenvalue weighted by molar-refractivity contribution is -0.127. The molecule has 2 rings (SSSR count). The Morgan fingerprint density at radius 1 is 1.30 bits per heavy atom. The third kappa shape index (κ3) is 3.26. The Hall–Kier alpha value is -2.10. The number of likely N-dealkylation sites (tertiary alicyclic amines) is 1. The van der Waals surface area contributed by atoms with E-state index in [1.165, 1.54) is 6.08 Å². The van der Waals surface area contributed by atoms with Gasteiger partial charge in [0.1, 0.15) is 0 Å². The maximum Gasteiger partial charge on any atom is 0.251 e. The highest BCUT2D eigenvalue weighted by Crippen LogP contribution is 2.13. The van der Waals surface area contributed by atoms with Crippen LogP contribution >= 0.6 is 0 Å². The van der Waals surface area contributed by atoms with Crippen LogP contribution in [-0.4, -0.2) is 35.8 Å². The molecule has 0 spiro atoms. The number of rotatable bonds is 3. The predicted molar refractivity (Wildman–Crippen MR) is 78.4 cm³/mol. The molecule has 1 heterocycles. The van der Waals surface area contributed by atoms with E-state index in [0.29, 0.717) is 13.1 Å². The average molecular weight is 272 g/mol. The number of hydrogen-bond donors (Lipinski definition) is 1. The van der Waals surface area contributed by atoms with E-state index in [1.54, 1.807) is 4.90 Å². The van der Waals surface area contributed by atoms with Crippen molar-refractivity contribution in [3.05, 3.63) is 48.0 Å². The van der Waals surface area contributed by atoms with Crippen LogP contribution in [0.25, 0.3) is 0 Å². The van der Waals surface area contributed by atoms with Crippen LogP contribution < -0.4 is 5.32 Å². The van der Waals surface area contributed by atoms with Gasteiger partial charge in [-0.3, -0.25) is 9.59 Å². The fourth-order valence-electron chi connectivity index (χ4n) is 2.46. The van der Waals surface area contributed by atoms with Crippen molar-refractivity contribution in [1.29, 1.82) is 0 Å². The monoisotopic (exact) mass is 272 g/mol. The first kappa shape index (κ1) is 14.3. The highest BCUT2D eigenvalue weighted by Gasteiger charge is 2.23. The van der Waals surface area contributed by atoms with E-state index in [0.717, 1.165) is 24.0 Å². The van der Waals surface area contributed by atoms with Gasteiger partial charge in [-0.1, -0.05) is 24.8 Å². The Balaban J connectivity index is 1.90. The second-order valence-electron chi connectivity index (χ2n) is 5.09. The van der Waals surface area contributed by atoms with E-state index in [4.69, 9.17) is 0 Å². The molecule has 106 valence electrons. The number of piperidine rings is 1. The quantitative estimate of drug-likeness (QED) is 0.854. The molecule has 0 saturated carbocycles. The molecule has 1 fully saturated rings. The molecule has 4 heteroatoms. The first-order valence-corrected chi connectivity index (χ1v) is 6.89. The van der Waals surface area contributed by atoms with Crippen LogP contribution in [-0.2, 0) is 4.79 Å². The number of carbonyl (C=O) groups excluding carboxylic acids is 2. The van der Waals surface area contributed by atoms with Crippen molar-refractivity contribution in [2.45, 2.75) is 25.8 Å². The molecule has 1 aromatic carbocycles. The summed E-state index contributed by atoms with van der Waals surface area (Å²) in [6, 6.07) is 7.69. The molecule has 1 aliphatic heterocycles. The fraction of sp³-hybridized carbons (Fsp3) is 0.375. The number of aryl methyl sites for hydroxylation is 1. The predicted octanol–water partition coefficient (Wildman–Crippen LogP) is 1.90. The first-order chi connectivity index (χ1) is 9.61. The third-order valence-corrected chi connectivity index (χ3v) is 3.71. The molecule has 0 bridgehead atoms. The van der Waals surface area contributed by atoms with Gasteiger partial charge in [0.2, 0.25) is 5.91 Å². The summed E-state index contributed by atoms with van der Waals surface area (Å²) in [6.45, 7) is 6.76. The Morgan fingerprint density at radius 2 is 1.95 bits per heavy atom. The normalized spacial score (nSPS) is 15.8. The van der Waals surface area contributed by atoms with Gasteiger partial charge in [-0.2, -0.15) is 0 Å². The molecule has 4 nitrogen and oxygen atoms in total. The molecule has 1 aromatic rings. The van der Waals surface area contributed by atoms with E-state index < -0.39 is 0 Å². The largest absolute Gasteiger partial charge is 0.349 e. The lowest BCUT2D eigenvalue weighted by Gasteiger charge is -2.31. The van der Waals surface area contributed by atoms with Gasteiger partial charge >= 0.3 is 0 Å². The molecule has 0 atom stereocenters. The Labute approximate surface area is 119 Å². The van der Waals surface area contributed by atoms with E-state index >= 15 is 0 Å². The van der Waals surface area contributed by atoms with Gasteiger partial charge in [-0.05, 0) is 37.5 Å². The van der Waals surface area contributed by atoms with Crippen molar-refractivity contribution < 1.29 is 9.59 Å². The standard InChI is InChI=1S/C16H20N2O2/c1-3-15(19)18-10-8-13(9-11-18)17-16(20)14-7-5-4-6-12(14)2/h3-7,13H,1,8-11H2,2H3,(H,17,20). The number of carbonyl (C=O) groups is 2. The minimum absolute atomic E-state index is 0.0309. The van der Waals surface area contributed by atoms with Crippen molar-refractivity contribution in [2.75, 3.05) is 13.1 Å². The third-order valence-electron chi connectivity index (χ3n) is 3.71. The van der Waals surface area contributed by atoms with E-state index in [2.05, 4.69) is 11.9 Å². The van der Waals surface area contributed by atoms with Gasteiger partial charge in [-0.25, -0.2) is 0 Å². The molecular weight excluding hydrogens is 252 g/mol. The van der Waals surface area contributed by atoms with Crippen molar-refractivity contribution in [3.8, 4) is 0 Å². The highest BCUT2D eigenvalue weighted by molar-refractivity contribution is 5.95. The van der Waals surface area contributed by atoms with Crippen LogP contribution in [0, 0.1) is 6.92 Å². The van der Waals surface area contributed by atoms with E-state index in [1.807, 2.05) is 31.2 Å². The fourth-order valence-corrected chi connectivity index (χ4v) is 2.46. The Bertz CT molecular complexity index is 517. The SMILES string of the molecule is C=CC(=O)N1CCC(NC(=O)c2ccccc2C)CC1. The highest BCUT2D eigenvalue weighted by atomic mass is 16.2. The summed E-state index contributed by atoms with van der Waals surface area (Å²) in [5.74, 6) is -0.0646. The molecule has 1 N–H and O–H groups in total. The molecule has 1 saturated heterocycles. The van der Waals surface area contributed by atoms with Gasteiger partial charge in [-0.15, -0.1) is 0 Å². The van der Waals surface area contributed by atoms with Gasteiger partial charge in [0.15, 0.2) is 0 Å². The lowest BCUT2D eigenvalue weighted by Crippen LogP contribution is -2.46. The topological polar surface area (TPSA) is 49.4 Å². The van der Waals surface area contributed by atoms with Crippen molar-refractivity contribution in [3.63, 3.8) is 0 Å². The Kier molecular flexibility index (Phi) is 4.56. The molecule has 0 aliphatic carbocycles. The zero-order chi connectivity index (χ0) is 14.5. The zero-order valence-corrected chi connectivity index (χ0v) is 11.8. The Morgan fingerprint density at radius 3 is 2.55 bits per heavy atom. The molecular formula is C16H20N2O2. The van der Waals surface area contributed by atoms with Crippen molar-refractivity contribution in [1.82, 2.24) is 10.2 Å². The van der Waals surface area contributed by atoms with Crippen LogP contribution in [0.4, 0.5) is 0 Å². The lowest BCUT2D eigenvalue weighted by atomic mass is 10.0. The second kappa shape index (κ2) is 6.37. The van der Waals surface area contributed by atoms with E-state index in [9.17, 15) is 9.59 Å². The van der Waals surface area contributed by atoms with Crippen LogP contribution in [0.5, 0.6) is 0 Å². The van der Waals surface area contributed by atoms with Gasteiger partial charge in [0.05, 0.1) is 0 Å². The molecule has 0 unspecified atom stereocenters. The number of nitrogens with one attached hydrogen (secondary N) is 1. The van der Waals surface area contributed by atoms with Crippen LogP contribution in [0.2, 0.25) is 0 Å². The number of amides is 2. The summed E-state index contributed by atoms with van der Waals surface area (Å²) in [5.41, 5.74) is 1.70. The van der Waals surface area contributed by atoms with Crippen LogP contribution in [0.1, 0.15) is 28.8 Å². The summed E-state index contributed by atoms with van der Waals surface area (Å²) in [6.07, 6.45) is 2.92. The summed E-state index contributed by atoms with van der Waals surface area (Å²) in [5, 5.41) is 3.05. The summed E-state index contributed by atoms with van der Waals surface area (Å²) < 4.78 is 0. The molecule has 2 amide bonds. The molecule has 20 heavy (non-hydrogen) atoms. The first-order valence-electron chi connectivity index (χ1n) is 6.89. The molecule has 0 radical (unpaired) electrons. The van der Waals surface area contributed by atoms with Gasteiger partial charge in [0.25, 0.3) is 5.91 Å². The van der Waals surface area contributed by atoms with Crippen molar-refractivity contribution >= 4 is 11.8 Å². The smallest absolute Gasteiger partial charge is 0.251 e. The summed E-state index contributed by atoms with van der Waals surface area (Å²) in [4.78, 5) is 25.4. The number of benzene rings is 1. The number of nitrogens with zero attached hydrogens (tertiary/aromatic N) is 1. The average Bonchev–Trinajstić information content (AvgIpc) is 2.47. The summed E-state index contributed by atoms with van der Waals surface area (Å²) in [7, 11) is 0. The summed E-state index contributed by atoms with van der Waals surface area (Å²) >= 11 is 0. The minimum Gasteiger partial charge on any atom is -0.349 e. The van der Waals surface area contributed by atoms with Crippen LogP contribution in [0.15, 0.2) is 36.9 Å². The van der Waals surface area contributed by atoms with Gasteiger partial charge < -0.3 is 10.2 Å².